The van der Waals surface area contributed by atoms with Crippen LogP contribution in [0, 0.1) is 11.6 Å². The van der Waals surface area contributed by atoms with Crippen molar-refractivity contribution in [3.05, 3.63) is 53.1 Å². The van der Waals surface area contributed by atoms with E-state index in [1.54, 1.807) is 13.8 Å². The smallest absolute Gasteiger partial charge is 0.450 e. The van der Waals surface area contributed by atoms with Gasteiger partial charge < -0.3 is 24.4 Å². The molecule has 10 heteroatoms. The van der Waals surface area contributed by atoms with E-state index < -0.39 is 23.7 Å². The minimum absolute atomic E-state index is 0.0278. The fraction of sp³-hybridized carbons (Fsp3) is 0.318. The summed E-state index contributed by atoms with van der Waals surface area (Å²) in [6, 6.07) is 5.76. The standard InChI is InChI=1S/C22H22F2N2O6/c1-3-13-10-18(32-22(29)30-4-2)19(11-15(13)23)31-17-6-5-14(9-16(17)24)21(28)26-8-7-25-20(27)12-26/h5-6,9-11H,3-4,7-8,12H2,1-2H3,(H,25,27). The Balaban J connectivity index is 1.85. The lowest BCUT2D eigenvalue weighted by Crippen LogP contribution is -2.49. The van der Waals surface area contributed by atoms with Gasteiger partial charge in [0.05, 0.1) is 13.2 Å². The Labute approximate surface area is 183 Å². The van der Waals surface area contributed by atoms with Crippen molar-refractivity contribution < 1.29 is 37.4 Å². The summed E-state index contributed by atoms with van der Waals surface area (Å²) in [5, 5.41) is 2.60. The van der Waals surface area contributed by atoms with Gasteiger partial charge >= 0.3 is 6.16 Å². The van der Waals surface area contributed by atoms with E-state index in [1.807, 2.05) is 0 Å². The SMILES string of the molecule is CCOC(=O)Oc1cc(CC)c(F)cc1Oc1ccc(C(=O)N2CCNC(=O)C2)cc1F. The minimum atomic E-state index is -1.02. The molecule has 1 heterocycles. The molecule has 1 aliphatic heterocycles. The number of rotatable bonds is 6. The molecule has 1 aliphatic rings. The van der Waals surface area contributed by atoms with Gasteiger partial charge in [0, 0.05) is 24.7 Å². The molecule has 1 N–H and O–H groups in total. The van der Waals surface area contributed by atoms with Crippen molar-refractivity contribution in [1.29, 1.82) is 0 Å². The highest BCUT2D eigenvalue weighted by Gasteiger charge is 2.24. The van der Waals surface area contributed by atoms with Crippen molar-refractivity contribution in [2.75, 3.05) is 26.2 Å². The number of halogens is 2. The van der Waals surface area contributed by atoms with Gasteiger partial charge in [0.15, 0.2) is 23.1 Å². The zero-order valence-corrected chi connectivity index (χ0v) is 17.6. The molecular weight excluding hydrogens is 426 g/mol. The van der Waals surface area contributed by atoms with Crippen LogP contribution in [-0.2, 0) is 16.0 Å². The highest BCUT2D eigenvalue weighted by atomic mass is 19.1. The van der Waals surface area contributed by atoms with Crippen LogP contribution < -0.4 is 14.8 Å². The van der Waals surface area contributed by atoms with Gasteiger partial charge in [0.2, 0.25) is 5.91 Å². The number of nitrogens with one attached hydrogen (secondary N) is 1. The van der Waals surface area contributed by atoms with Gasteiger partial charge in [-0.25, -0.2) is 13.6 Å². The van der Waals surface area contributed by atoms with E-state index in [9.17, 15) is 23.2 Å². The number of hydrogen-bond acceptors (Lipinski definition) is 6. The first kappa shape index (κ1) is 23.0. The van der Waals surface area contributed by atoms with Gasteiger partial charge in [-0.05, 0) is 43.2 Å². The van der Waals surface area contributed by atoms with Crippen molar-refractivity contribution in [1.82, 2.24) is 10.2 Å². The lowest BCUT2D eigenvalue weighted by Gasteiger charge is -2.26. The van der Waals surface area contributed by atoms with Gasteiger partial charge in [0.1, 0.15) is 5.82 Å². The number of amides is 2. The van der Waals surface area contributed by atoms with Gasteiger partial charge in [-0.2, -0.15) is 0 Å². The van der Waals surface area contributed by atoms with Crippen LogP contribution in [0.3, 0.4) is 0 Å². The highest BCUT2D eigenvalue weighted by Crippen LogP contribution is 2.36. The summed E-state index contributed by atoms with van der Waals surface area (Å²) in [7, 11) is 0. The largest absolute Gasteiger partial charge is 0.513 e. The molecule has 1 saturated heterocycles. The van der Waals surface area contributed by atoms with Crippen LogP contribution in [0.15, 0.2) is 30.3 Å². The first-order chi connectivity index (χ1) is 15.3. The fourth-order valence-corrected chi connectivity index (χ4v) is 3.07. The van der Waals surface area contributed by atoms with E-state index in [4.69, 9.17) is 14.2 Å². The highest BCUT2D eigenvalue weighted by molar-refractivity contribution is 5.97. The van der Waals surface area contributed by atoms with Crippen molar-refractivity contribution in [3.8, 4) is 17.2 Å². The summed E-state index contributed by atoms with van der Waals surface area (Å²) in [6.45, 7) is 3.89. The maximum Gasteiger partial charge on any atom is 0.513 e. The van der Waals surface area contributed by atoms with Crippen LogP contribution in [0.5, 0.6) is 17.2 Å². The topological polar surface area (TPSA) is 94.2 Å². The molecule has 3 rings (SSSR count). The first-order valence-electron chi connectivity index (χ1n) is 10.0. The third-order valence-corrected chi connectivity index (χ3v) is 4.67. The van der Waals surface area contributed by atoms with Crippen LogP contribution in [0.2, 0.25) is 0 Å². The van der Waals surface area contributed by atoms with E-state index >= 15 is 0 Å². The molecule has 8 nitrogen and oxygen atoms in total. The van der Waals surface area contributed by atoms with Crippen molar-refractivity contribution >= 4 is 18.0 Å². The average Bonchev–Trinajstić information content (AvgIpc) is 2.76. The molecule has 0 bridgehead atoms. The molecule has 0 radical (unpaired) electrons. The normalized spacial score (nSPS) is 13.4. The summed E-state index contributed by atoms with van der Waals surface area (Å²) < 4.78 is 44.3. The molecule has 2 aromatic carbocycles. The predicted octanol–water partition coefficient (Wildman–Crippen LogP) is 3.43. The molecule has 0 aromatic heterocycles. The summed E-state index contributed by atoms with van der Waals surface area (Å²) in [6.07, 6.45) is -0.691. The quantitative estimate of drug-likeness (QED) is 0.538. The molecular formula is C22H22F2N2O6. The summed E-state index contributed by atoms with van der Waals surface area (Å²) in [5.41, 5.74) is 0.295. The number of aryl methyl sites for hydroxylation is 1. The van der Waals surface area contributed by atoms with Crippen molar-refractivity contribution in [2.24, 2.45) is 0 Å². The minimum Gasteiger partial charge on any atom is -0.450 e. The molecule has 0 unspecified atom stereocenters. The molecule has 170 valence electrons. The van der Waals surface area contributed by atoms with Crippen LogP contribution in [0.4, 0.5) is 13.6 Å². The molecule has 0 spiro atoms. The van der Waals surface area contributed by atoms with Gasteiger partial charge in [-0.1, -0.05) is 6.92 Å². The second-order valence-electron chi connectivity index (χ2n) is 6.85. The van der Waals surface area contributed by atoms with Gasteiger partial charge in [0.25, 0.3) is 5.91 Å². The first-order valence-corrected chi connectivity index (χ1v) is 10.0. The molecule has 0 saturated carbocycles. The number of nitrogens with zero attached hydrogens (tertiary/aromatic N) is 1. The van der Waals surface area contributed by atoms with Gasteiger partial charge in [-0.15, -0.1) is 0 Å². The van der Waals surface area contributed by atoms with Crippen molar-refractivity contribution in [3.63, 3.8) is 0 Å². The monoisotopic (exact) mass is 448 g/mol. The third kappa shape index (κ3) is 5.32. The zero-order chi connectivity index (χ0) is 23.3. The van der Waals surface area contributed by atoms with Crippen molar-refractivity contribution in [2.45, 2.75) is 20.3 Å². The Bertz CT molecular complexity index is 1040. The summed E-state index contributed by atoms with van der Waals surface area (Å²) >= 11 is 0. The van der Waals surface area contributed by atoms with Crippen LogP contribution in [0.25, 0.3) is 0 Å². The van der Waals surface area contributed by atoms with E-state index in [1.165, 1.54) is 23.1 Å². The summed E-state index contributed by atoms with van der Waals surface area (Å²) in [4.78, 5) is 37.0. The lowest BCUT2D eigenvalue weighted by molar-refractivity contribution is -0.123. The lowest BCUT2D eigenvalue weighted by atomic mass is 10.1. The maximum atomic E-state index is 14.7. The number of piperazine rings is 1. The molecule has 2 aromatic rings. The van der Waals surface area contributed by atoms with Crippen LogP contribution in [0.1, 0.15) is 29.8 Å². The molecule has 32 heavy (non-hydrogen) atoms. The molecule has 1 fully saturated rings. The Morgan fingerprint density at radius 2 is 1.84 bits per heavy atom. The zero-order valence-electron chi connectivity index (χ0n) is 17.6. The fourth-order valence-electron chi connectivity index (χ4n) is 3.07. The Morgan fingerprint density at radius 1 is 1.06 bits per heavy atom. The van der Waals surface area contributed by atoms with E-state index in [0.29, 0.717) is 19.5 Å². The summed E-state index contributed by atoms with van der Waals surface area (Å²) in [5.74, 6) is -2.99. The third-order valence-electron chi connectivity index (χ3n) is 4.67. The maximum absolute atomic E-state index is 14.7. The number of benzene rings is 2. The van der Waals surface area contributed by atoms with Crippen LogP contribution >= 0.6 is 0 Å². The average molecular weight is 448 g/mol. The van der Waals surface area contributed by atoms with E-state index in [0.717, 1.165) is 12.1 Å². The number of ether oxygens (including phenoxy) is 3. The predicted molar refractivity (Wildman–Crippen MR) is 109 cm³/mol. The Hall–Kier alpha value is -3.69. The Kier molecular flexibility index (Phi) is 7.24. The second-order valence-corrected chi connectivity index (χ2v) is 6.85. The molecule has 2 amide bonds. The molecule has 0 atom stereocenters. The van der Waals surface area contributed by atoms with Gasteiger partial charge in [-0.3, -0.25) is 9.59 Å². The second kappa shape index (κ2) is 10.1. The Morgan fingerprint density at radius 3 is 2.50 bits per heavy atom. The number of carbonyl (C=O) groups is 3. The number of hydrogen-bond donors (Lipinski definition) is 1. The molecule has 0 aliphatic carbocycles. The number of carbonyl (C=O) groups excluding carboxylic acids is 3. The van der Waals surface area contributed by atoms with E-state index in [-0.39, 0.29) is 47.4 Å². The van der Waals surface area contributed by atoms with Crippen LogP contribution in [-0.4, -0.2) is 49.1 Å². The van der Waals surface area contributed by atoms with E-state index in [2.05, 4.69) is 5.32 Å².